The van der Waals surface area contributed by atoms with Gasteiger partial charge in [0.25, 0.3) is 0 Å². The van der Waals surface area contributed by atoms with E-state index in [1.54, 1.807) is 6.07 Å². The molecule has 2 rings (SSSR count). The van der Waals surface area contributed by atoms with Crippen molar-refractivity contribution < 1.29 is 13.2 Å². The molecule has 1 aliphatic rings. The summed E-state index contributed by atoms with van der Waals surface area (Å²) >= 11 is 5.33. The predicted molar refractivity (Wildman–Crippen MR) is 82.2 cm³/mol. The highest BCUT2D eigenvalue weighted by Crippen LogP contribution is 2.31. The van der Waals surface area contributed by atoms with Crippen LogP contribution in [0.3, 0.4) is 0 Å². The van der Waals surface area contributed by atoms with E-state index in [1.807, 2.05) is 4.90 Å². The van der Waals surface area contributed by atoms with Crippen LogP contribution in [0, 0.1) is 11.8 Å². The molecule has 2 atom stereocenters. The molecule has 1 N–H and O–H groups in total. The Balaban J connectivity index is 2.06. The number of nitrogens with zero attached hydrogens (tertiary/aromatic N) is 1. The molecule has 1 heterocycles. The van der Waals surface area contributed by atoms with Gasteiger partial charge in [0.05, 0.1) is 5.56 Å². The van der Waals surface area contributed by atoms with Gasteiger partial charge in [-0.15, -0.1) is 0 Å². The van der Waals surface area contributed by atoms with Gasteiger partial charge in [0.1, 0.15) is 0 Å². The molecular formula is C15H19F3N2S. The van der Waals surface area contributed by atoms with Crippen molar-refractivity contribution in [3.8, 4) is 0 Å². The summed E-state index contributed by atoms with van der Waals surface area (Å²) in [5.74, 6) is 1.07. The van der Waals surface area contributed by atoms with Gasteiger partial charge in [0, 0.05) is 18.8 Å². The van der Waals surface area contributed by atoms with E-state index in [4.69, 9.17) is 12.2 Å². The molecule has 1 aromatic rings. The van der Waals surface area contributed by atoms with Crippen molar-refractivity contribution in [3.63, 3.8) is 0 Å². The minimum Gasteiger partial charge on any atom is -0.348 e. The van der Waals surface area contributed by atoms with Crippen molar-refractivity contribution in [2.75, 3.05) is 18.4 Å². The van der Waals surface area contributed by atoms with Crippen LogP contribution in [0.2, 0.25) is 0 Å². The van der Waals surface area contributed by atoms with E-state index >= 15 is 0 Å². The quantitative estimate of drug-likeness (QED) is 0.774. The topological polar surface area (TPSA) is 15.3 Å². The third-order valence-electron chi connectivity index (χ3n) is 3.60. The number of benzene rings is 1. The maximum Gasteiger partial charge on any atom is 0.416 e. The molecule has 0 bridgehead atoms. The summed E-state index contributed by atoms with van der Waals surface area (Å²) in [7, 11) is 0. The van der Waals surface area contributed by atoms with E-state index in [0.717, 1.165) is 31.6 Å². The van der Waals surface area contributed by atoms with E-state index in [1.165, 1.54) is 6.07 Å². The number of thiocarbonyl (C=S) groups is 1. The molecule has 0 aliphatic carbocycles. The second kappa shape index (κ2) is 6.22. The second-order valence-corrected chi connectivity index (χ2v) is 6.25. The predicted octanol–water partition coefficient (Wildman–Crippen LogP) is 4.38. The van der Waals surface area contributed by atoms with Crippen LogP contribution in [0.25, 0.3) is 0 Å². The van der Waals surface area contributed by atoms with Crippen molar-refractivity contribution in [3.05, 3.63) is 29.8 Å². The summed E-state index contributed by atoms with van der Waals surface area (Å²) in [5.41, 5.74) is -0.295. The fraction of sp³-hybridized carbons (Fsp3) is 0.533. The van der Waals surface area contributed by atoms with Gasteiger partial charge in [-0.2, -0.15) is 13.2 Å². The number of alkyl halides is 3. The maximum absolute atomic E-state index is 12.7. The molecule has 116 valence electrons. The molecule has 2 unspecified atom stereocenters. The molecule has 6 heteroatoms. The van der Waals surface area contributed by atoms with Crippen LogP contribution in [0.4, 0.5) is 18.9 Å². The van der Waals surface area contributed by atoms with Crippen LogP contribution in [-0.4, -0.2) is 23.1 Å². The summed E-state index contributed by atoms with van der Waals surface area (Å²) in [4.78, 5) is 2.04. The zero-order valence-corrected chi connectivity index (χ0v) is 12.9. The highest BCUT2D eigenvalue weighted by Gasteiger charge is 2.30. The Hall–Kier alpha value is -1.30. The lowest BCUT2D eigenvalue weighted by atomic mass is 9.92. The number of likely N-dealkylation sites (tertiary alicyclic amines) is 1. The molecule has 0 amide bonds. The fourth-order valence-electron chi connectivity index (χ4n) is 2.80. The highest BCUT2D eigenvalue weighted by atomic mass is 32.1. The zero-order valence-electron chi connectivity index (χ0n) is 12.1. The standard InChI is InChI=1S/C15H19F3N2S/c1-10-6-11(2)9-20(8-10)14(21)19-13-5-3-4-12(7-13)15(16,17)18/h3-5,7,10-11H,6,8-9H2,1-2H3,(H,19,21). The van der Waals surface area contributed by atoms with Gasteiger partial charge in [-0.05, 0) is 48.7 Å². The first-order valence-electron chi connectivity index (χ1n) is 6.99. The first-order valence-corrected chi connectivity index (χ1v) is 7.39. The minimum atomic E-state index is -4.34. The molecule has 0 radical (unpaired) electrons. The van der Waals surface area contributed by atoms with Gasteiger partial charge >= 0.3 is 6.18 Å². The molecule has 21 heavy (non-hydrogen) atoms. The molecule has 1 saturated heterocycles. The van der Waals surface area contributed by atoms with Crippen molar-refractivity contribution >= 4 is 23.0 Å². The normalized spacial score (nSPS) is 23.0. The van der Waals surface area contributed by atoms with E-state index in [9.17, 15) is 13.2 Å². The largest absolute Gasteiger partial charge is 0.416 e. The van der Waals surface area contributed by atoms with Crippen LogP contribution >= 0.6 is 12.2 Å². The van der Waals surface area contributed by atoms with Gasteiger partial charge in [0.15, 0.2) is 5.11 Å². The summed E-state index contributed by atoms with van der Waals surface area (Å²) in [6.45, 7) is 6.01. The summed E-state index contributed by atoms with van der Waals surface area (Å²) in [5, 5.41) is 3.42. The Morgan fingerprint density at radius 1 is 1.24 bits per heavy atom. The number of piperidine rings is 1. The zero-order chi connectivity index (χ0) is 15.6. The van der Waals surface area contributed by atoms with Crippen molar-refractivity contribution in [1.29, 1.82) is 0 Å². The van der Waals surface area contributed by atoms with Gasteiger partial charge in [-0.25, -0.2) is 0 Å². The lowest BCUT2D eigenvalue weighted by molar-refractivity contribution is -0.137. The minimum absolute atomic E-state index is 0.376. The molecular weight excluding hydrogens is 297 g/mol. The van der Waals surface area contributed by atoms with Gasteiger partial charge in [-0.1, -0.05) is 19.9 Å². The van der Waals surface area contributed by atoms with Crippen molar-refractivity contribution in [2.24, 2.45) is 11.8 Å². The number of anilines is 1. The number of rotatable bonds is 1. The van der Waals surface area contributed by atoms with Crippen LogP contribution < -0.4 is 5.32 Å². The van der Waals surface area contributed by atoms with Crippen LogP contribution in [0.15, 0.2) is 24.3 Å². The van der Waals surface area contributed by atoms with Gasteiger partial charge < -0.3 is 10.2 Å². The smallest absolute Gasteiger partial charge is 0.348 e. The van der Waals surface area contributed by atoms with Crippen molar-refractivity contribution in [2.45, 2.75) is 26.4 Å². The molecule has 1 fully saturated rings. The number of hydrogen-bond donors (Lipinski definition) is 1. The molecule has 2 nitrogen and oxygen atoms in total. The maximum atomic E-state index is 12.7. The molecule has 0 aromatic heterocycles. The number of hydrogen-bond acceptors (Lipinski definition) is 1. The average Bonchev–Trinajstić information content (AvgIpc) is 2.37. The average molecular weight is 316 g/mol. The van der Waals surface area contributed by atoms with E-state index in [-0.39, 0.29) is 0 Å². The lowest BCUT2D eigenvalue weighted by Crippen LogP contribution is -2.44. The summed E-state index contributed by atoms with van der Waals surface area (Å²) in [6, 6.07) is 5.12. The lowest BCUT2D eigenvalue weighted by Gasteiger charge is -2.36. The van der Waals surface area contributed by atoms with Gasteiger partial charge in [0.2, 0.25) is 0 Å². The van der Waals surface area contributed by atoms with E-state index in [0.29, 0.717) is 22.6 Å². The first-order chi connectivity index (χ1) is 9.75. The second-order valence-electron chi connectivity index (χ2n) is 5.86. The summed E-state index contributed by atoms with van der Waals surface area (Å²) < 4.78 is 38.1. The SMILES string of the molecule is CC1CC(C)CN(C(=S)Nc2cccc(C(F)(F)F)c2)C1. The Morgan fingerprint density at radius 2 is 1.86 bits per heavy atom. The third-order valence-corrected chi connectivity index (χ3v) is 3.96. The number of halogens is 3. The Morgan fingerprint density at radius 3 is 2.43 bits per heavy atom. The summed E-state index contributed by atoms with van der Waals surface area (Å²) in [6.07, 6.45) is -3.18. The molecule has 0 saturated carbocycles. The van der Waals surface area contributed by atoms with Gasteiger partial charge in [-0.3, -0.25) is 0 Å². The first kappa shape index (κ1) is 16.1. The molecule has 0 spiro atoms. The van der Waals surface area contributed by atoms with Crippen LogP contribution in [0.5, 0.6) is 0 Å². The molecule has 1 aromatic carbocycles. The highest BCUT2D eigenvalue weighted by molar-refractivity contribution is 7.80. The third kappa shape index (κ3) is 4.33. The van der Waals surface area contributed by atoms with E-state index in [2.05, 4.69) is 19.2 Å². The fourth-order valence-corrected chi connectivity index (χ4v) is 3.07. The monoisotopic (exact) mass is 316 g/mol. The van der Waals surface area contributed by atoms with E-state index < -0.39 is 11.7 Å². The van der Waals surface area contributed by atoms with Crippen LogP contribution in [0.1, 0.15) is 25.8 Å². The molecule has 1 aliphatic heterocycles. The Labute approximate surface area is 128 Å². The Bertz CT molecular complexity index is 506. The van der Waals surface area contributed by atoms with Crippen molar-refractivity contribution in [1.82, 2.24) is 4.90 Å². The van der Waals surface area contributed by atoms with Crippen LogP contribution in [-0.2, 0) is 6.18 Å². The number of nitrogens with one attached hydrogen (secondary N) is 1. The Kier molecular flexibility index (Phi) is 4.76.